The third-order valence-corrected chi connectivity index (χ3v) is 5.30. The van der Waals surface area contributed by atoms with Crippen molar-refractivity contribution in [3.8, 4) is 11.5 Å². The lowest BCUT2D eigenvalue weighted by atomic mass is 10.0. The zero-order valence-electron chi connectivity index (χ0n) is 16.1. The van der Waals surface area contributed by atoms with Gasteiger partial charge in [-0.1, -0.05) is 36.4 Å². The summed E-state index contributed by atoms with van der Waals surface area (Å²) >= 11 is 0. The van der Waals surface area contributed by atoms with Crippen molar-refractivity contribution in [1.82, 2.24) is 4.90 Å². The Bertz CT molecular complexity index is 1000. The van der Waals surface area contributed by atoms with E-state index < -0.39 is 0 Å². The van der Waals surface area contributed by atoms with Gasteiger partial charge in [0.15, 0.2) is 0 Å². The lowest BCUT2D eigenvalue weighted by molar-refractivity contribution is 0.197. The Morgan fingerprint density at radius 1 is 1.04 bits per heavy atom. The van der Waals surface area contributed by atoms with Crippen LogP contribution in [-0.4, -0.2) is 37.9 Å². The smallest absolute Gasteiger partial charge is 0.127 e. The molecule has 0 aromatic heterocycles. The van der Waals surface area contributed by atoms with E-state index >= 15 is 0 Å². The first kappa shape index (κ1) is 18.3. The zero-order chi connectivity index (χ0) is 19.3. The molecule has 1 aliphatic heterocycles. The Labute approximate surface area is 165 Å². The van der Waals surface area contributed by atoms with Gasteiger partial charge in [0, 0.05) is 36.0 Å². The van der Waals surface area contributed by atoms with E-state index in [4.69, 9.17) is 15.3 Å². The first-order chi connectivity index (χ1) is 13.8. The van der Waals surface area contributed by atoms with E-state index in [9.17, 15) is 0 Å². The van der Waals surface area contributed by atoms with Crippen LogP contribution in [0.4, 0.5) is 0 Å². The Morgan fingerprint density at radius 2 is 1.89 bits per heavy atom. The highest BCUT2D eigenvalue weighted by atomic mass is 16.5. The Morgan fingerprint density at radius 3 is 2.71 bits per heavy atom. The molecule has 5 nitrogen and oxygen atoms in total. The van der Waals surface area contributed by atoms with Gasteiger partial charge >= 0.3 is 0 Å². The summed E-state index contributed by atoms with van der Waals surface area (Å²) in [6.45, 7) is 3.59. The monoisotopic (exact) mass is 375 g/mol. The molecule has 3 aromatic carbocycles. The predicted molar refractivity (Wildman–Crippen MR) is 113 cm³/mol. The van der Waals surface area contributed by atoms with Gasteiger partial charge in [-0.2, -0.15) is 5.10 Å². The molecule has 0 fully saturated rings. The normalized spacial score (nSPS) is 14.3. The van der Waals surface area contributed by atoms with Gasteiger partial charge in [0.2, 0.25) is 0 Å². The molecule has 0 bridgehead atoms. The van der Waals surface area contributed by atoms with E-state index in [0.29, 0.717) is 6.61 Å². The number of fused-ring (bicyclic) bond motifs is 2. The second-order valence-electron chi connectivity index (χ2n) is 6.96. The van der Waals surface area contributed by atoms with Crippen LogP contribution in [0.1, 0.15) is 16.7 Å². The first-order valence-electron chi connectivity index (χ1n) is 9.55. The number of nitrogens with two attached hydrogens (primary N) is 1. The van der Waals surface area contributed by atoms with E-state index in [0.717, 1.165) is 53.9 Å². The van der Waals surface area contributed by atoms with Gasteiger partial charge in [0.25, 0.3) is 0 Å². The molecule has 2 N–H and O–H groups in total. The van der Waals surface area contributed by atoms with Gasteiger partial charge in [0.05, 0.1) is 13.3 Å². The highest BCUT2D eigenvalue weighted by molar-refractivity contribution is 6.05. The topological polar surface area (TPSA) is 60.1 Å². The van der Waals surface area contributed by atoms with Gasteiger partial charge in [-0.3, -0.25) is 4.90 Å². The van der Waals surface area contributed by atoms with Gasteiger partial charge in [-0.25, -0.2) is 0 Å². The summed E-state index contributed by atoms with van der Waals surface area (Å²) in [6.07, 6.45) is 2.74. The lowest BCUT2D eigenvalue weighted by Crippen LogP contribution is -2.33. The largest absolute Gasteiger partial charge is 0.496 e. The van der Waals surface area contributed by atoms with Crippen molar-refractivity contribution < 1.29 is 9.47 Å². The van der Waals surface area contributed by atoms with E-state index in [1.54, 1.807) is 13.3 Å². The Kier molecular flexibility index (Phi) is 5.44. The van der Waals surface area contributed by atoms with E-state index in [-0.39, 0.29) is 0 Å². The van der Waals surface area contributed by atoms with Crippen LogP contribution in [0.3, 0.4) is 0 Å². The molecule has 5 heteroatoms. The number of benzene rings is 3. The van der Waals surface area contributed by atoms with Gasteiger partial charge < -0.3 is 15.3 Å². The molecule has 28 heavy (non-hydrogen) atoms. The summed E-state index contributed by atoms with van der Waals surface area (Å²) in [6, 6.07) is 18.6. The van der Waals surface area contributed by atoms with Gasteiger partial charge in [-0.05, 0) is 35.7 Å². The summed E-state index contributed by atoms with van der Waals surface area (Å²) in [5.74, 6) is 7.00. The molecule has 0 atom stereocenters. The van der Waals surface area contributed by atoms with Gasteiger partial charge in [-0.15, -0.1) is 0 Å². The minimum atomic E-state index is 0.638. The minimum absolute atomic E-state index is 0.638. The van der Waals surface area contributed by atoms with E-state index in [2.05, 4.69) is 34.3 Å². The third-order valence-electron chi connectivity index (χ3n) is 5.30. The second-order valence-corrected chi connectivity index (χ2v) is 6.96. The molecule has 0 spiro atoms. The van der Waals surface area contributed by atoms with Crippen molar-refractivity contribution in [2.75, 3.05) is 26.8 Å². The number of nitrogens with zero attached hydrogens (tertiary/aromatic N) is 2. The minimum Gasteiger partial charge on any atom is -0.496 e. The fourth-order valence-electron chi connectivity index (χ4n) is 3.89. The predicted octanol–water partition coefficient (Wildman–Crippen LogP) is 3.58. The number of rotatable bonds is 6. The van der Waals surface area contributed by atoms with Crippen molar-refractivity contribution in [3.63, 3.8) is 0 Å². The second kappa shape index (κ2) is 8.31. The number of hydrazone groups is 1. The van der Waals surface area contributed by atoms with Crippen molar-refractivity contribution >= 4 is 17.0 Å². The molecule has 4 rings (SSSR count). The molecule has 0 saturated heterocycles. The van der Waals surface area contributed by atoms with Crippen LogP contribution >= 0.6 is 0 Å². The van der Waals surface area contributed by atoms with E-state index in [1.165, 1.54) is 11.1 Å². The van der Waals surface area contributed by atoms with Crippen LogP contribution in [0.25, 0.3) is 10.8 Å². The van der Waals surface area contributed by atoms with Crippen LogP contribution in [0, 0.1) is 0 Å². The third kappa shape index (κ3) is 3.66. The maximum Gasteiger partial charge on any atom is 0.127 e. The van der Waals surface area contributed by atoms with Crippen LogP contribution in [-0.2, 0) is 13.0 Å². The standard InChI is InChI=1S/C23H25N3O2/c1-27-22-8-4-7-20-21(10-9-18(15-25-24)23(20)22)28-14-13-26-12-11-17-5-2-3-6-19(17)16-26/h2-10,15H,11-14,16,24H2,1H3. The average Bonchev–Trinajstić information content (AvgIpc) is 2.74. The summed E-state index contributed by atoms with van der Waals surface area (Å²) in [4.78, 5) is 2.44. The molecule has 0 aliphatic carbocycles. The molecule has 144 valence electrons. The fourth-order valence-corrected chi connectivity index (χ4v) is 3.89. The Hall–Kier alpha value is -3.05. The van der Waals surface area contributed by atoms with Crippen molar-refractivity contribution in [2.24, 2.45) is 10.9 Å². The molecule has 0 amide bonds. The van der Waals surface area contributed by atoms with Crippen LogP contribution < -0.4 is 15.3 Å². The summed E-state index contributed by atoms with van der Waals surface area (Å²) in [5.41, 5.74) is 3.80. The highest BCUT2D eigenvalue weighted by Crippen LogP contribution is 2.34. The number of hydrogen-bond donors (Lipinski definition) is 1. The molecule has 0 saturated carbocycles. The van der Waals surface area contributed by atoms with Crippen LogP contribution in [0.5, 0.6) is 11.5 Å². The van der Waals surface area contributed by atoms with Crippen molar-refractivity contribution in [2.45, 2.75) is 13.0 Å². The molecule has 1 heterocycles. The molecule has 3 aromatic rings. The lowest BCUT2D eigenvalue weighted by Gasteiger charge is -2.28. The number of ether oxygens (including phenoxy) is 2. The SMILES string of the molecule is COc1cccc2c(OCCN3CCc4ccccc4C3)ccc(C=NN)c12. The molecule has 1 aliphatic rings. The maximum atomic E-state index is 6.17. The van der Waals surface area contributed by atoms with E-state index in [1.807, 2.05) is 30.3 Å². The maximum absolute atomic E-state index is 6.17. The summed E-state index contributed by atoms with van der Waals surface area (Å²) < 4.78 is 11.7. The highest BCUT2D eigenvalue weighted by Gasteiger charge is 2.16. The van der Waals surface area contributed by atoms with Crippen LogP contribution in [0.2, 0.25) is 0 Å². The van der Waals surface area contributed by atoms with Crippen LogP contribution in [0.15, 0.2) is 59.7 Å². The number of hydrogen-bond acceptors (Lipinski definition) is 5. The fraction of sp³-hybridized carbons (Fsp3) is 0.261. The summed E-state index contributed by atoms with van der Waals surface area (Å²) in [5, 5.41) is 5.64. The Balaban J connectivity index is 1.49. The first-order valence-corrected chi connectivity index (χ1v) is 9.55. The molecule has 0 unspecified atom stereocenters. The average molecular weight is 375 g/mol. The number of methoxy groups -OCH3 is 1. The quantitative estimate of drug-likeness (QED) is 0.406. The molecular formula is C23H25N3O2. The van der Waals surface area contributed by atoms with Gasteiger partial charge in [0.1, 0.15) is 18.1 Å². The zero-order valence-corrected chi connectivity index (χ0v) is 16.1. The summed E-state index contributed by atoms with van der Waals surface area (Å²) in [7, 11) is 1.67. The molecule has 0 radical (unpaired) electrons. The van der Waals surface area contributed by atoms with Crippen molar-refractivity contribution in [1.29, 1.82) is 0 Å². The molecular weight excluding hydrogens is 350 g/mol. The van der Waals surface area contributed by atoms with Crippen molar-refractivity contribution in [3.05, 3.63) is 71.3 Å².